The number of allylic oxidation sites excluding steroid dienone is 1. The monoisotopic (exact) mass is 480 g/mol. The number of aliphatic carboxylic acids is 1. The van der Waals surface area contributed by atoms with Gasteiger partial charge in [-0.15, -0.1) is 11.8 Å². The molecule has 2 amide bonds. The van der Waals surface area contributed by atoms with Crippen LogP contribution in [-0.4, -0.2) is 67.9 Å². The van der Waals surface area contributed by atoms with E-state index in [0.29, 0.717) is 16.9 Å². The Labute approximate surface area is 198 Å². The van der Waals surface area contributed by atoms with Gasteiger partial charge < -0.3 is 20.4 Å². The van der Waals surface area contributed by atoms with Crippen molar-refractivity contribution in [1.82, 2.24) is 15.2 Å². The zero-order valence-electron chi connectivity index (χ0n) is 17.9. The van der Waals surface area contributed by atoms with Gasteiger partial charge >= 0.3 is 5.97 Å². The zero-order valence-corrected chi connectivity index (χ0v) is 18.7. The van der Waals surface area contributed by atoms with Crippen LogP contribution in [0.1, 0.15) is 11.1 Å². The third kappa shape index (κ3) is 4.50. The summed E-state index contributed by atoms with van der Waals surface area (Å²) < 4.78 is 0. The molecule has 1 fully saturated rings. The molecule has 2 aliphatic heterocycles. The van der Waals surface area contributed by atoms with Crippen LogP contribution < -0.4 is 5.32 Å². The third-order valence-electron chi connectivity index (χ3n) is 5.17. The highest BCUT2D eigenvalue weighted by Gasteiger charge is 2.54. The van der Waals surface area contributed by atoms with Crippen molar-refractivity contribution in [2.75, 3.05) is 12.9 Å². The number of amides is 2. The number of fused-ring (bicyclic) bond motifs is 1. The van der Waals surface area contributed by atoms with Crippen molar-refractivity contribution in [2.24, 2.45) is 5.16 Å². The summed E-state index contributed by atoms with van der Waals surface area (Å²) in [5.74, 6) is -2.18. The van der Waals surface area contributed by atoms with Gasteiger partial charge in [-0.2, -0.15) is 0 Å². The van der Waals surface area contributed by atoms with Crippen molar-refractivity contribution in [1.29, 1.82) is 0 Å². The first-order chi connectivity index (χ1) is 16.4. The van der Waals surface area contributed by atoms with E-state index in [0.717, 1.165) is 5.56 Å². The molecule has 1 aromatic heterocycles. The summed E-state index contributed by atoms with van der Waals surface area (Å²) in [6.45, 7) is 0. The second-order valence-corrected chi connectivity index (χ2v) is 8.44. The summed E-state index contributed by atoms with van der Waals surface area (Å²) in [5.41, 5.74) is 1.34. The van der Waals surface area contributed by atoms with Gasteiger partial charge in [0.25, 0.3) is 11.8 Å². The van der Waals surface area contributed by atoms with Crippen molar-refractivity contribution in [3.8, 4) is 5.75 Å². The van der Waals surface area contributed by atoms with Gasteiger partial charge in [-0.05, 0) is 29.3 Å². The predicted molar refractivity (Wildman–Crippen MR) is 125 cm³/mol. The first kappa shape index (κ1) is 23.1. The fraction of sp³-hybridized carbons (Fsp3) is 0.174. The second kappa shape index (κ2) is 9.79. The number of rotatable bonds is 7. The molecule has 0 bridgehead atoms. The molecular weight excluding hydrogens is 460 g/mol. The normalized spacial score (nSPS) is 20.1. The summed E-state index contributed by atoms with van der Waals surface area (Å²) >= 11 is 1.35. The first-order valence-corrected chi connectivity index (χ1v) is 11.2. The van der Waals surface area contributed by atoms with Crippen LogP contribution in [0.2, 0.25) is 0 Å². The zero-order chi connectivity index (χ0) is 24.2. The average Bonchev–Trinajstić information content (AvgIpc) is 2.84. The standard InChI is InChI=1S/C23H20N4O6S/c1-33-26-17(14-5-2-6-16(28)10-14)20(29)25-18-21(30)27-19(23(31)32)15(12-34-22(18)27)8-7-13-4-3-9-24-11-13/h2-11,18,22,28H,12H2,1H3,(H,25,29)(H,31,32)/b8-7+,26-17-/t18?,22-/m1/s1. The SMILES string of the molecule is CO/N=C(\C(=O)NC1C(=O)N2C(C(=O)O)=C(/C=C/c3cccnc3)CS[C@H]12)c1cccc(O)c1. The molecule has 1 aromatic carbocycles. The summed E-state index contributed by atoms with van der Waals surface area (Å²) in [7, 11) is 1.27. The van der Waals surface area contributed by atoms with Gasteiger partial charge in [-0.1, -0.05) is 35.5 Å². The lowest BCUT2D eigenvalue weighted by Crippen LogP contribution is -2.71. The van der Waals surface area contributed by atoms with Crippen molar-refractivity contribution in [3.05, 3.63) is 77.3 Å². The first-order valence-electron chi connectivity index (χ1n) is 10.1. The van der Waals surface area contributed by atoms with Crippen LogP contribution in [0.15, 0.2) is 71.3 Å². The number of aromatic nitrogens is 1. The number of phenolic OH excluding ortho intramolecular Hbond substituents is 1. The molecule has 11 heteroatoms. The van der Waals surface area contributed by atoms with E-state index in [-0.39, 0.29) is 17.2 Å². The number of nitrogens with one attached hydrogen (secondary N) is 1. The van der Waals surface area contributed by atoms with Gasteiger partial charge in [0.05, 0.1) is 0 Å². The van der Waals surface area contributed by atoms with E-state index in [9.17, 15) is 24.6 Å². The highest BCUT2D eigenvalue weighted by Crippen LogP contribution is 2.40. The quantitative estimate of drug-likeness (QED) is 0.308. The van der Waals surface area contributed by atoms with E-state index in [1.54, 1.807) is 42.7 Å². The van der Waals surface area contributed by atoms with Gasteiger partial charge in [0.1, 0.15) is 30.0 Å². The summed E-state index contributed by atoms with van der Waals surface area (Å²) in [6.07, 6.45) is 6.67. The topological polar surface area (TPSA) is 141 Å². The van der Waals surface area contributed by atoms with Gasteiger partial charge in [0.15, 0.2) is 5.71 Å². The molecule has 3 N–H and O–H groups in total. The van der Waals surface area contributed by atoms with Gasteiger partial charge in [-0.25, -0.2) is 4.79 Å². The lowest BCUT2D eigenvalue weighted by atomic mass is 10.0. The average molecular weight is 481 g/mol. The van der Waals surface area contributed by atoms with E-state index >= 15 is 0 Å². The Morgan fingerprint density at radius 3 is 2.79 bits per heavy atom. The van der Waals surface area contributed by atoms with Crippen molar-refractivity contribution in [3.63, 3.8) is 0 Å². The molecule has 10 nitrogen and oxygen atoms in total. The molecule has 1 saturated heterocycles. The minimum absolute atomic E-state index is 0.0639. The Morgan fingerprint density at radius 1 is 1.29 bits per heavy atom. The number of thioether (sulfide) groups is 1. The van der Waals surface area contributed by atoms with E-state index in [2.05, 4.69) is 15.5 Å². The smallest absolute Gasteiger partial charge is 0.352 e. The summed E-state index contributed by atoms with van der Waals surface area (Å²) in [6, 6.07) is 8.55. The molecule has 0 spiro atoms. The lowest BCUT2D eigenvalue weighted by molar-refractivity contribution is -0.150. The van der Waals surface area contributed by atoms with Gasteiger partial charge in [-0.3, -0.25) is 19.5 Å². The Bertz CT molecular complexity index is 1230. The molecular formula is C23H20N4O6S. The van der Waals surface area contributed by atoms with Crippen molar-refractivity contribution >= 4 is 41.3 Å². The summed E-state index contributed by atoms with van der Waals surface area (Å²) in [5, 5.41) is 25.3. The number of pyridine rings is 1. The van der Waals surface area contributed by atoms with E-state index in [1.807, 2.05) is 6.07 Å². The molecule has 0 radical (unpaired) electrons. The molecule has 2 aromatic rings. The van der Waals surface area contributed by atoms with E-state index < -0.39 is 29.2 Å². The molecule has 174 valence electrons. The number of benzene rings is 1. The summed E-state index contributed by atoms with van der Waals surface area (Å²) in [4.78, 5) is 47.7. The number of β-lactam (4-membered cyclic amide) rings is 1. The minimum atomic E-state index is -1.23. The number of phenols is 1. The molecule has 2 atom stereocenters. The van der Waals surface area contributed by atoms with Crippen molar-refractivity contribution in [2.45, 2.75) is 11.4 Å². The number of carboxylic acids is 1. The molecule has 1 unspecified atom stereocenters. The number of aromatic hydroxyl groups is 1. The minimum Gasteiger partial charge on any atom is -0.508 e. The number of hydrogen-bond donors (Lipinski definition) is 3. The van der Waals surface area contributed by atoms with Crippen molar-refractivity contribution < 1.29 is 29.4 Å². The van der Waals surface area contributed by atoms with Crippen LogP contribution >= 0.6 is 11.8 Å². The molecule has 0 saturated carbocycles. The molecule has 2 aliphatic rings. The Balaban J connectivity index is 1.54. The van der Waals surface area contributed by atoms with Crippen LogP contribution in [-0.2, 0) is 19.2 Å². The maximum atomic E-state index is 12.9. The lowest BCUT2D eigenvalue weighted by Gasteiger charge is -2.49. The largest absolute Gasteiger partial charge is 0.508 e. The number of carbonyl (C=O) groups excluding carboxylic acids is 2. The Morgan fingerprint density at radius 2 is 2.12 bits per heavy atom. The highest BCUT2D eigenvalue weighted by atomic mass is 32.2. The van der Waals surface area contributed by atoms with Crippen LogP contribution in [0.5, 0.6) is 5.75 Å². The maximum absolute atomic E-state index is 12.9. The number of nitrogens with zero attached hydrogens (tertiary/aromatic N) is 3. The maximum Gasteiger partial charge on any atom is 0.352 e. The Kier molecular flexibility index (Phi) is 6.64. The van der Waals surface area contributed by atoms with E-state index in [1.165, 1.54) is 35.9 Å². The van der Waals surface area contributed by atoms with Gasteiger partial charge in [0.2, 0.25) is 0 Å². The number of carbonyl (C=O) groups is 3. The van der Waals surface area contributed by atoms with E-state index in [4.69, 9.17) is 4.84 Å². The predicted octanol–water partition coefficient (Wildman–Crippen LogP) is 1.59. The highest BCUT2D eigenvalue weighted by molar-refractivity contribution is 8.00. The fourth-order valence-electron chi connectivity index (χ4n) is 3.62. The number of oxime groups is 1. The van der Waals surface area contributed by atoms with Crippen LogP contribution in [0.4, 0.5) is 0 Å². The molecule has 34 heavy (non-hydrogen) atoms. The second-order valence-electron chi connectivity index (χ2n) is 7.33. The Hall–Kier alpha value is -4.12. The van der Waals surface area contributed by atoms with Crippen LogP contribution in [0.3, 0.4) is 0 Å². The molecule has 0 aliphatic carbocycles. The number of carboxylic acid groups (broad SMARTS) is 1. The number of hydrogen-bond acceptors (Lipinski definition) is 8. The van der Waals surface area contributed by atoms with Gasteiger partial charge in [0, 0.05) is 23.7 Å². The van der Waals surface area contributed by atoms with Crippen LogP contribution in [0, 0.1) is 0 Å². The third-order valence-corrected chi connectivity index (χ3v) is 6.47. The fourth-order valence-corrected chi connectivity index (χ4v) is 4.94. The van der Waals surface area contributed by atoms with Crippen LogP contribution in [0.25, 0.3) is 6.08 Å². The molecule has 3 heterocycles. The molecule has 4 rings (SSSR count).